The number of carbonyl (C=O) groups is 1. The van der Waals surface area contributed by atoms with Crippen LogP contribution in [0.2, 0.25) is 0 Å². The summed E-state index contributed by atoms with van der Waals surface area (Å²) in [6.07, 6.45) is 3.71. The van der Waals surface area contributed by atoms with Crippen molar-refractivity contribution >= 4 is 22.8 Å². The van der Waals surface area contributed by atoms with E-state index in [1.165, 1.54) is 0 Å². The molecule has 0 fully saturated rings. The van der Waals surface area contributed by atoms with Gasteiger partial charge >= 0.3 is 5.97 Å². The van der Waals surface area contributed by atoms with E-state index in [0.717, 1.165) is 0 Å². The van der Waals surface area contributed by atoms with E-state index in [0.29, 0.717) is 35.7 Å². The quantitative estimate of drug-likeness (QED) is 0.714. The highest BCUT2D eigenvalue weighted by atomic mass is 16.5. The molecule has 3 rings (SSSR count). The summed E-state index contributed by atoms with van der Waals surface area (Å²) in [5, 5.41) is 8.25. The molecule has 3 heterocycles. The van der Waals surface area contributed by atoms with E-state index in [1.54, 1.807) is 24.0 Å². The number of ether oxygens (including phenoxy) is 1. The maximum atomic E-state index is 12.0. The van der Waals surface area contributed by atoms with Crippen LogP contribution in [-0.2, 0) is 9.53 Å². The van der Waals surface area contributed by atoms with E-state index < -0.39 is 5.92 Å². The predicted molar refractivity (Wildman–Crippen MR) is 70.1 cm³/mol. The Kier molecular flexibility index (Phi) is 3.05. The molecule has 0 aliphatic heterocycles. The number of carbonyl (C=O) groups excluding carboxylic acids is 1. The predicted octanol–water partition coefficient (Wildman–Crippen LogP) is 1.06. The van der Waals surface area contributed by atoms with Gasteiger partial charge in [-0.2, -0.15) is 0 Å². The van der Waals surface area contributed by atoms with Gasteiger partial charge in [-0.1, -0.05) is 6.92 Å². The zero-order chi connectivity index (χ0) is 14.1. The molecule has 20 heavy (non-hydrogen) atoms. The van der Waals surface area contributed by atoms with Crippen molar-refractivity contribution in [2.75, 3.05) is 6.61 Å². The lowest BCUT2D eigenvalue weighted by atomic mass is 10.1. The summed E-state index contributed by atoms with van der Waals surface area (Å²) in [4.78, 5) is 23.2. The first kappa shape index (κ1) is 12.5. The highest BCUT2D eigenvalue weighted by Gasteiger charge is 2.26. The fraction of sp³-hybridized carbons (Fsp3) is 0.417. The molecule has 0 bridgehead atoms. The Bertz CT molecular complexity index is 762. The van der Waals surface area contributed by atoms with Crippen LogP contribution in [0.25, 0.3) is 16.8 Å². The second kappa shape index (κ2) is 4.87. The SMILES string of the molecule is CCOC(=O)C(CC)c1nnc2c3[nH]cnc3ncn12. The molecule has 104 valence electrons. The van der Waals surface area contributed by atoms with Crippen LogP contribution in [-0.4, -0.2) is 42.1 Å². The second-order valence-electron chi connectivity index (χ2n) is 4.31. The van der Waals surface area contributed by atoms with Gasteiger partial charge in [0.2, 0.25) is 0 Å². The summed E-state index contributed by atoms with van der Waals surface area (Å²) in [6, 6.07) is 0. The van der Waals surface area contributed by atoms with E-state index in [-0.39, 0.29) is 5.97 Å². The van der Waals surface area contributed by atoms with Gasteiger partial charge in [0, 0.05) is 0 Å². The Labute approximate surface area is 114 Å². The number of hydrogen-bond acceptors (Lipinski definition) is 6. The minimum Gasteiger partial charge on any atom is -0.465 e. The lowest BCUT2D eigenvalue weighted by Gasteiger charge is -2.11. The molecular formula is C12H14N6O2. The van der Waals surface area contributed by atoms with Crippen molar-refractivity contribution in [2.24, 2.45) is 0 Å². The molecule has 8 heteroatoms. The van der Waals surface area contributed by atoms with Crippen LogP contribution in [0.5, 0.6) is 0 Å². The molecule has 1 unspecified atom stereocenters. The molecule has 0 saturated heterocycles. The molecule has 0 saturated carbocycles. The molecule has 0 spiro atoms. The third-order valence-electron chi connectivity index (χ3n) is 3.15. The Hall–Kier alpha value is -2.51. The van der Waals surface area contributed by atoms with E-state index in [4.69, 9.17) is 4.74 Å². The first-order valence-electron chi connectivity index (χ1n) is 6.45. The van der Waals surface area contributed by atoms with Gasteiger partial charge in [0.25, 0.3) is 0 Å². The van der Waals surface area contributed by atoms with Crippen molar-refractivity contribution in [1.82, 2.24) is 29.5 Å². The number of aromatic amines is 1. The number of aromatic nitrogens is 6. The van der Waals surface area contributed by atoms with E-state index in [2.05, 4.69) is 25.1 Å². The summed E-state index contributed by atoms with van der Waals surface area (Å²) in [6.45, 7) is 4.03. The van der Waals surface area contributed by atoms with Crippen molar-refractivity contribution < 1.29 is 9.53 Å². The average molecular weight is 274 g/mol. The highest BCUT2D eigenvalue weighted by Crippen LogP contribution is 2.22. The molecule has 3 aromatic heterocycles. The van der Waals surface area contributed by atoms with E-state index in [1.807, 2.05) is 6.92 Å². The van der Waals surface area contributed by atoms with E-state index in [9.17, 15) is 4.79 Å². The smallest absolute Gasteiger partial charge is 0.316 e. The van der Waals surface area contributed by atoms with Crippen LogP contribution in [0.4, 0.5) is 0 Å². The fourth-order valence-corrected chi connectivity index (χ4v) is 2.18. The van der Waals surface area contributed by atoms with Crippen molar-refractivity contribution in [3.8, 4) is 0 Å². The Morgan fingerprint density at radius 2 is 2.25 bits per heavy atom. The van der Waals surface area contributed by atoms with Gasteiger partial charge in [-0.05, 0) is 13.3 Å². The lowest BCUT2D eigenvalue weighted by Crippen LogP contribution is -2.18. The van der Waals surface area contributed by atoms with Crippen LogP contribution in [0.15, 0.2) is 12.7 Å². The summed E-state index contributed by atoms with van der Waals surface area (Å²) < 4.78 is 6.78. The molecule has 0 aromatic carbocycles. The highest BCUT2D eigenvalue weighted by molar-refractivity contribution is 5.85. The zero-order valence-electron chi connectivity index (χ0n) is 11.2. The molecule has 0 aliphatic rings. The first-order valence-corrected chi connectivity index (χ1v) is 6.45. The summed E-state index contributed by atoms with van der Waals surface area (Å²) in [7, 11) is 0. The minimum atomic E-state index is -0.452. The number of nitrogens with one attached hydrogen (secondary N) is 1. The number of hydrogen-bond donors (Lipinski definition) is 1. The number of imidazole rings is 1. The van der Waals surface area contributed by atoms with Gasteiger partial charge < -0.3 is 9.72 Å². The van der Waals surface area contributed by atoms with Crippen LogP contribution in [0, 0.1) is 0 Å². The summed E-state index contributed by atoms with van der Waals surface area (Å²) in [5.74, 6) is -0.217. The van der Waals surface area contributed by atoms with Crippen LogP contribution in [0.3, 0.4) is 0 Å². The standard InChI is InChI=1S/C12H14N6O2/c1-3-7(12(19)20-4-2)10-16-17-11-8-9(14-5-13-8)15-6-18(10)11/h5-7H,3-4H2,1-2H3,(H,13,14). The molecule has 1 atom stereocenters. The van der Waals surface area contributed by atoms with Gasteiger partial charge in [0.15, 0.2) is 17.1 Å². The number of H-pyrrole nitrogens is 1. The Morgan fingerprint density at radius 1 is 1.40 bits per heavy atom. The van der Waals surface area contributed by atoms with Crippen LogP contribution in [0.1, 0.15) is 32.0 Å². The van der Waals surface area contributed by atoms with Gasteiger partial charge in [0.05, 0.1) is 12.9 Å². The molecule has 0 aliphatic carbocycles. The maximum Gasteiger partial charge on any atom is 0.316 e. The van der Waals surface area contributed by atoms with Gasteiger partial charge in [0.1, 0.15) is 17.8 Å². The third kappa shape index (κ3) is 1.80. The largest absolute Gasteiger partial charge is 0.465 e. The molecule has 0 amide bonds. The first-order chi connectivity index (χ1) is 9.76. The number of esters is 1. The van der Waals surface area contributed by atoms with Crippen molar-refractivity contribution in [1.29, 1.82) is 0 Å². The van der Waals surface area contributed by atoms with E-state index >= 15 is 0 Å². The Balaban J connectivity index is 2.13. The van der Waals surface area contributed by atoms with Crippen molar-refractivity contribution in [3.05, 3.63) is 18.5 Å². The van der Waals surface area contributed by atoms with Crippen molar-refractivity contribution in [3.63, 3.8) is 0 Å². The van der Waals surface area contributed by atoms with Gasteiger partial charge in [-0.15, -0.1) is 10.2 Å². The Morgan fingerprint density at radius 3 is 3.00 bits per heavy atom. The topological polar surface area (TPSA) is 98.1 Å². The molecular weight excluding hydrogens is 260 g/mol. The minimum absolute atomic E-state index is 0.297. The van der Waals surface area contributed by atoms with Gasteiger partial charge in [-0.3, -0.25) is 9.20 Å². The van der Waals surface area contributed by atoms with Crippen molar-refractivity contribution in [2.45, 2.75) is 26.2 Å². The zero-order valence-corrected chi connectivity index (χ0v) is 11.2. The monoisotopic (exact) mass is 274 g/mol. The van der Waals surface area contributed by atoms with Crippen LogP contribution >= 0.6 is 0 Å². The average Bonchev–Trinajstić information content (AvgIpc) is 3.05. The second-order valence-corrected chi connectivity index (χ2v) is 4.31. The summed E-state index contributed by atoms with van der Waals surface area (Å²) in [5.41, 5.74) is 1.87. The molecule has 1 N–H and O–H groups in total. The fourth-order valence-electron chi connectivity index (χ4n) is 2.18. The third-order valence-corrected chi connectivity index (χ3v) is 3.15. The molecule has 3 aromatic rings. The number of rotatable bonds is 4. The summed E-state index contributed by atoms with van der Waals surface area (Å²) >= 11 is 0. The van der Waals surface area contributed by atoms with Gasteiger partial charge in [-0.25, -0.2) is 9.97 Å². The molecule has 0 radical (unpaired) electrons. The number of fused-ring (bicyclic) bond motifs is 3. The lowest BCUT2D eigenvalue weighted by molar-refractivity contribution is -0.145. The maximum absolute atomic E-state index is 12.0. The normalized spacial score (nSPS) is 12.9. The molecule has 8 nitrogen and oxygen atoms in total. The van der Waals surface area contributed by atoms with Crippen LogP contribution < -0.4 is 0 Å². The number of nitrogens with zero attached hydrogens (tertiary/aromatic N) is 5.